The van der Waals surface area contributed by atoms with Crippen molar-refractivity contribution >= 4 is 19.8 Å². The maximum Gasteiger partial charge on any atom is 3.00 e. The minimum absolute atomic E-state index is 0. The first kappa shape index (κ1) is 740. The molecule has 0 aromatic rings. The maximum absolute atomic E-state index is 0. The van der Waals surface area contributed by atoms with E-state index < -0.39 is 0 Å². The first-order chi connectivity index (χ1) is 0. The van der Waals surface area contributed by atoms with E-state index in [1.54, 1.807) is 0 Å². The van der Waals surface area contributed by atoms with Crippen LogP contribution in [0.1, 0.15) is 0 Å². The molecule has 0 spiro atoms. The largest absolute Gasteiger partial charge is 3.00 e. The quantitative estimate of drug-likeness (QED) is 0.382. The van der Waals surface area contributed by atoms with Gasteiger partial charge in [0.2, 0.25) is 0 Å². The van der Waals surface area contributed by atoms with Crippen molar-refractivity contribution in [3.63, 3.8) is 0 Å². The van der Waals surface area contributed by atoms with Crippen molar-refractivity contribution in [1.82, 2.24) is 0 Å². The number of rotatable bonds is 0. The molecule has 0 heterocycles. The summed E-state index contributed by atoms with van der Waals surface area (Å²) >= 11 is 0. The average Bonchev–Trinajstić information content (AvgIpc) is 0. The number of hydrogen-bond donors (Lipinski definition) is 0. The summed E-state index contributed by atoms with van der Waals surface area (Å²) < 4.78 is 0. The minimum atomic E-state index is 0. The summed E-state index contributed by atoms with van der Waals surface area (Å²) in [6.07, 6.45) is 0. The van der Waals surface area contributed by atoms with E-state index in [-0.39, 0.29) is 89.9 Å². The van der Waals surface area contributed by atoms with Crippen LogP contribution >= 0.6 is 0 Å². The molecule has 0 aromatic heterocycles. The molecule has 0 rings (SSSR count). The second-order valence-corrected chi connectivity index (χ2v) is 0. The third kappa shape index (κ3) is 395. The molecule has 72 valence electrons. The van der Waals surface area contributed by atoms with Crippen molar-refractivity contribution in [2.75, 3.05) is 0 Å². The summed E-state index contributed by atoms with van der Waals surface area (Å²) in [4.78, 5) is 0. The Balaban J connectivity index is 0. The number of halogens is 3. The van der Waals surface area contributed by atoms with E-state index in [2.05, 4.69) is 0 Å². The second kappa shape index (κ2) is 550. The standard InChI is InChI=1S/3ClH.Ga.6H2O/h3*1H;;6*1H2/q;;;+3;;;;;;/p-3. The molecule has 0 saturated heterocycles. The molecule has 0 bridgehead atoms. The van der Waals surface area contributed by atoms with Crippen LogP contribution in [-0.2, 0) is 0 Å². The van der Waals surface area contributed by atoms with Crippen molar-refractivity contribution < 1.29 is 70.1 Å². The maximum atomic E-state index is 0. The van der Waals surface area contributed by atoms with Gasteiger partial charge in [-0.15, -0.1) is 0 Å². The molecule has 0 unspecified atom stereocenters. The summed E-state index contributed by atoms with van der Waals surface area (Å²) in [7, 11) is 0. The van der Waals surface area contributed by atoms with Gasteiger partial charge in [0, 0.05) is 0 Å². The van der Waals surface area contributed by atoms with Gasteiger partial charge in [0.15, 0.2) is 0 Å². The van der Waals surface area contributed by atoms with Gasteiger partial charge in [-0.2, -0.15) is 0 Å². The molecule has 12 N–H and O–H groups in total. The summed E-state index contributed by atoms with van der Waals surface area (Å²) in [6, 6.07) is 0. The molecule has 0 radical (unpaired) electrons. The first-order valence-electron chi connectivity index (χ1n) is 0. The molecule has 0 aliphatic heterocycles. The van der Waals surface area contributed by atoms with Gasteiger partial charge in [-0.3, -0.25) is 0 Å². The molecule has 10 heavy (non-hydrogen) atoms. The fourth-order valence-corrected chi connectivity index (χ4v) is 0. The normalized spacial score (nSPS) is 0. The first-order valence-corrected chi connectivity index (χ1v) is 0. The fraction of sp³-hybridized carbons (Fsp3) is 0. The molecule has 10 heteroatoms. The number of hydrogen-bond acceptors (Lipinski definition) is 0. The zero-order valence-corrected chi connectivity index (χ0v) is 9.40. The van der Waals surface area contributed by atoms with E-state index in [4.69, 9.17) is 0 Å². The van der Waals surface area contributed by atoms with Gasteiger partial charge in [0.1, 0.15) is 0 Å². The van der Waals surface area contributed by atoms with Crippen LogP contribution in [0.15, 0.2) is 0 Å². The smallest absolute Gasteiger partial charge is 1.00 e. The van der Waals surface area contributed by atoms with Crippen molar-refractivity contribution in [2.45, 2.75) is 0 Å². The van der Waals surface area contributed by atoms with Gasteiger partial charge in [-0.25, -0.2) is 0 Å². The molecule has 0 aliphatic carbocycles. The Bertz CT molecular complexity index is 13.0. The molecule has 0 saturated carbocycles. The molecule has 0 amide bonds. The van der Waals surface area contributed by atoms with Crippen LogP contribution in [-0.4, -0.2) is 52.6 Å². The predicted octanol–water partition coefficient (Wildman–Crippen LogP) is -14.3. The fourth-order valence-electron chi connectivity index (χ4n) is 0. The Kier molecular flexibility index (Phi) is 40700. The van der Waals surface area contributed by atoms with Crippen LogP contribution in [0.25, 0.3) is 0 Å². The topological polar surface area (TPSA) is 189 Å². The van der Waals surface area contributed by atoms with E-state index in [0.29, 0.717) is 0 Å². The monoisotopic (exact) mass is 282 g/mol. The zero-order valence-electron chi connectivity index (χ0n) is 4.71. The molecule has 6 nitrogen and oxygen atoms in total. The summed E-state index contributed by atoms with van der Waals surface area (Å²) in [6.45, 7) is 0. The third-order valence-electron chi connectivity index (χ3n) is 0. The zero-order chi connectivity index (χ0) is 0. The molecule has 0 aromatic carbocycles. The van der Waals surface area contributed by atoms with E-state index in [0.717, 1.165) is 0 Å². The van der Waals surface area contributed by atoms with Gasteiger partial charge in [0.05, 0.1) is 0 Å². The average molecular weight is 284 g/mol. The van der Waals surface area contributed by atoms with E-state index in [1.165, 1.54) is 0 Å². The Morgan fingerprint density at radius 1 is 0.300 bits per heavy atom. The van der Waals surface area contributed by atoms with Gasteiger partial charge in [-0.1, -0.05) is 0 Å². The molecule has 0 atom stereocenters. The van der Waals surface area contributed by atoms with Crippen molar-refractivity contribution in [2.24, 2.45) is 0 Å². The molecular weight excluding hydrogens is 272 g/mol. The minimum Gasteiger partial charge on any atom is -1.00 e. The van der Waals surface area contributed by atoms with E-state index in [1.807, 2.05) is 0 Å². The Morgan fingerprint density at radius 3 is 0.300 bits per heavy atom. The molecule has 0 fully saturated rings. The van der Waals surface area contributed by atoms with Crippen molar-refractivity contribution in [3.8, 4) is 0 Å². The summed E-state index contributed by atoms with van der Waals surface area (Å²) in [5.41, 5.74) is 0. The van der Waals surface area contributed by atoms with Crippen molar-refractivity contribution in [1.29, 1.82) is 0 Å². The van der Waals surface area contributed by atoms with Crippen LogP contribution in [0.4, 0.5) is 0 Å². The van der Waals surface area contributed by atoms with E-state index in [9.17, 15) is 0 Å². The van der Waals surface area contributed by atoms with Crippen molar-refractivity contribution in [3.05, 3.63) is 0 Å². The predicted molar refractivity (Wildman–Crippen MR) is 27.4 cm³/mol. The molecule has 0 aliphatic rings. The van der Waals surface area contributed by atoms with E-state index >= 15 is 0 Å². The van der Waals surface area contributed by atoms with Crippen LogP contribution < -0.4 is 37.2 Å². The van der Waals surface area contributed by atoms with Crippen LogP contribution in [0.2, 0.25) is 0 Å². The summed E-state index contributed by atoms with van der Waals surface area (Å²) in [5.74, 6) is 0. The van der Waals surface area contributed by atoms with Crippen LogP contribution in [0.5, 0.6) is 0 Å². The SMILES string of the molecule is O.O.O.O.O.O.[Cl-].[Cl-].[Cl-].[Ga+3]. The van der Waals surface area contributed by atoms with Crippen LogP contribution in [0.3, 0.4) is 0 Å². The Hall–Kier alpha value is 1.27. The van der Waals surface area contributed by atoms with Gasteiger partial charge in [0.25, 0.3) is 0 Å². The van der Waals surface area contributed by atoms with Gasteiger partial charge < -0.3 is 70.1 Å². The summed E-state index contributed by atoms with van der Waals surface area (Å²) in [5, 5.41) is 0. The van der Waals surface area contributed by atoms with Gasteiger partial charge in [-0.05, 0) is 0 Å². The van der Waals surface area contributed by atoms with Crippen LogP contribution in [0, 0.1) is 0 Å². The Labute approximate surface area is 89.9 Å². The Morgan fingerprint density at radius 2 is 0.300 bits per heavy atom. The molecular formula is H12Cl3GaO6. The second-order valence-electron chi connectivity index (χ2n) is 0. The third-order valence-corrected chi connectivity index (χ3v) is 0. The van der Waals surface area contributed by atoms with Gasteiger partial charge >= 0.3 is 19.8 Å².